The second-order valence-corrected chi connectivity index (χ2v) is 5.16. The minimum Gasteiger partial charge on any atom is -0.369 e. The number of methoxy groups -OCH3 is 1. The van der Waals surface area contributed by atoms with E-state index in [4.69, 9.17) is 4.74 Å². The van der Waals surface area contributed by atoms with Crippen LogP contribution < -0.4 is 10.6 Å². The predicted octanol–water partition coefficient (Wildman–Crippen LogP) is 1.31. The van der Waals surface area contributed by atoms with Crippen LogP contribution in [0.4, 0.5) is 0 Å². The van der Waals surface area contributed by atoms with Crippen molar-refractivity contribution >= 4 is 5.91 Å². The highest BCUT2D eigenvalue weighted by atomic mass is 16.5. The predicted molar refractivity (Wildman–Crippen MR) is 68.9 cm³/mol. The maximum Gasteiger partial charge on any atom is 0.252 e. The average Bonchev–Trinajstić information content (AvgIpc) is 2.38. The molecule has 2 N–H and O–H groups in total. The Hall–Kier alpha value is -0.610. The highest BCUT2D eigenvalue weighted by Crippen LogP contribution is 2.18. The molecule has 1 heterocycles. The molecule has 100 valence electrons. The van der Waals surface area contributed by atoms with Crippen LogP contribution >= 0.6 is 0 Å². The zero-order valence-corrected chi connectivity index (χ0v) is 11.5. The van der Waals surface area contributed by atoms with Crippen LogP contribution in [0.2, 0.25) is 0 Å². The van der Waals surface area contributed by atoms with Gasteiger partial charge < -0.3 is 15.4 Å². The monoisotopic (exact) mass is 242 g/mol. The normalized spacial score (nSPS) is 26.0. The standard InChI is InChI=1S/C13H26N2O2/c1-5-13(3,17-4)12(16)15-10(2)11-7-6-8-14-9-11/h10-11,14H,5-9H2,1-4H3,(H,15,16). The van der Waals surface area contributed by atoms with E-state index in [0.29, 0.717) is 12.3 Å². The van der Waals surface area contributed by atoms with Crippen LogP contribution in [0.25, 0.3) is 0 Å². The number of nitrogens with one attached hydrogen (secondary N) is 2. The van der Waals surface area contributed by atoms with Crippen LogP contribution in [-0.4, -0.2) is 37.7 Å². The van der Waals surface area contributed by atoms with Gasteiger partial charge in [-0.25, -0.2) is 0 Å². The number of piperidine rings is 1. The van der Waals surface area contributed by atoms with Gasteiger partial charge in [0, 0.05) is 13.2 Å². The van der Waals surface area contributed by atoms with Crippen molar-refractivity contribution in [2.45, 2.75) is 51.7 Å². The smallest absolute Gasteiger partial charge is 0.252 e. The Kier molecular flexibility index (Phi) is 5.40. The molecule has 0 radical (unpaired) electrons. The third kappa shape index (κ3) is 3.68. The summed E-state index contributed by atoms with van der Waals surface area (Å²) in [5.74, 6) is 0.534. The molecular formula is C13H26N2O2. The fourth-order valence-corrected chi connectivity index (χ4v) is 2.18. The van der Waals surface area contributed by atoms with Gasteiger partial charge in [-0.15, -0.1) is 0 Å². The van der Waals surface area contributed by atoms with Gasteiger partial charge in [0.2, 0.25) is 0 Å². The lowest BCUT2D eigenvalue weighted by Gasteiger charge is -2.32. The molecular weight excluding hydrogens is 216 g/mol. The molecule has 0 aromatic heterocycles. The molecule has 4 heteroatoms. The van der Waals surface area contributed by atoms with Crippen LogP contribution in [0, 0.1) is 5.92 Å². The maximum atomic E-state index is 12.1. The molecule has 1 rings (SSSR count). The summed E-state index contributed by atoms with van der Waals surface area (Å²) in [6.45, 7) is 7.99. The van der Waals surface area contributed by atoms with Gasteiger partial charge in [0.25, 0.3) is 5.91 Å². The molecule has 0 aromatic carbocycles. The van der Waals surface area contributed by atoms with Gasteiger partial charge in [-0.3, -0.25) is 4.79 Å². The van der Waals surface area contributed by atoms with E-state index in [9.17, 15) is 4.79 Å². The summed E-state index contributed by atoms with van der Waals surface area (Å²) in [4.78, 5) is 12.1. The summed E-state index contributed by atoms with van der Waals surface area (Å²) in [6, 6.07) is 0.205. The number of carbonyl (C=O) groups is 1. The van der Waals surface area contributed by atoms with E-state index in [-0.39, 0.29) is 11.9 Å². The average molecular weight is 242 g/mol. The minimum absolute atomic E-state index is 0.000531. The first-order valence-corrected chi connectivity index (χ1v) is 6.60. The molecule has 1 amide bonds. The molecule has 1 aliphatic heterocycles. The molecule has 17 heavy (non-hydrogen) atoms. The zero-order valence-electron chi connectivity index (χ0n) is 11.5. The molecule has 0 spiro atoms. The van der Waals surface area contributed by atoms with E-state index in [1.165, 1.54) is 12.8 Å². The van der Waals surface area contributed by atoms with Crippen molar-refractivity contribution < 1.29 is 9.53 Å². The topological polar surface area (TPSA) is 50.4 Å². The van der Waals surface area contributed by atoms with Gasteiger partial charge >= 0.3 is 0 Å². The minimum atomic E-state index is -0.698. The highest BCUT2D eigenvalue weighted by molar-refractivity contribution is 5.84. The molecule has 0 aliphatic carbocycles. The van der Waals surface area contributed by atoms with Crippen LogP contribution in [0.3, 0.4) is 0 Å². The van der Waals surface area contributed by atoms with E-state index in [2.05, 4.69) is 17.6 Å². The Morgan fingerprint density at radius 3 is 2.82 bits per heavy atom. The Bertz CT molecular complexity index is 246. The molecule has 4 nitrogen and oxygen atoms in total. The summed E-state index contributed by atoms with van der Waals surface area (Å²) in [5, 5.41) is 6.46. The third-order valence-electron chi connectivity index (χ3n) is 4.01. The van der Waals surface area contributed by atoms with Gasteiger partial charge in [-0.05, 0) is 52.1 Å². The molecule has 0 saturated carbocycles. The maximum absolute atomic E-state index is 12.1. The molecule has 1 aliphatic rings. The van der Waals surface area contributed by atoms with Crippen molar-refractivity contribution in [3.63, 3.8) is 0 Å². The van der Waals surface area contributed by atoms with Gasteiger partial charge in [-0.1, -0.05) is 6.92 Å². The number of rotatable bonds is 5. The lowest BCUT2D eigenvalue weighted by molar-refractivity contribution is -0.142. The van der Waals surface area contributed by atoms with E-state index in [1.807, 2.05) is 13.8 Å². The fourth-order valence-electron chi connectivity index (χ4n) is 2.18. The Labute approximate surface area is 104 Å². The van der Waals surface area contributed by atoms with Crippen molar-refractivity contribution in [1.29, 1.82) is 0 Å². The van der Waals surface area contributed by atoms with E-state index in [0.717, 1.165) is 13.1 Å². The number of ether oxygens (including phenoxy) is 1. The summed E-state index contributed by atoms with van der Waals surface area (Å²) in [5.41, 5.74) is -0.698. The van der Waals surface area contributed by atoms with Crippen molar-refractivity contribution in [3.05, 3.63) is 0 Å². The SMILES string of the molecule is CCC(C)(OC)C(=O)NC(C)C1CCCNC1. The molecule has 1 saturated heterocycles. The van der Waals surface area contributed by atoms with Gasteiger partial charge in [0.05, 0.1) is 0 Å². The van der Waals surface area contributed by atoms with E-state index >= 15 is 0 Å². The lowest BCUT2D eigenvalue weighted by Crippen LogP contribution is -2.52. The van der Waals surface area contributed by atoms with E-state index in [1.54, 1.807) is 7.11 Å². The van der Waals surface area contributed by atoms with Crippen molar-refractivity contribution in [2.24, 2.45) is 5.92 Å². The second-order valence-electron chi connectivity index (χ2n) is 5.16. The Morgan fingerprint density at radius 2 is 2.35 bits per heavy atom. The first-order valence-electron chi connectivity index (χ1n) is 6.60. The van der Waals surface area contributed by atoms with Crippen molar-refractivity contribution in [2.75, 3.05) is 20.2 Å². The molecule has 0 bridgehead atoms. The molecule has 1 fully saturated rings. The zero-order chi connectivity index (χ0) is 12.9. The van der Waals surface area contributed by atoms with Crippen molar-refractivity contribution in [1.82, 2.24) is 10.6 Å². The Balaban J connectivity index is 2.49. The van der Waals surface area contributed by atoms with Gasteiger partial charge in [0.1, 0.15) is 5.60 Å². The quantitative estimate of drug-likeness (QED) is 0.764. The summed E-state index contributed by atoms with van der Waals surface area (Å²) < 4.78 is 5.31. The highest BCUT2D eigenvalue weighted by Gasteiger charge is 2.33. The first kappa shape index (κ1) is 14.5. The van der Waals surface area contributed by atoms with Crippen LogP contribution in [0.5, 0.6) is 0 Å². The second kappa shape index (κ2) is 6.36. The molecule has 3 atom stereocenters. The van der Waals surface area contributed by atoms with Crippen LogP contribution in [0.15, 0.2) is 0 Å². The van der Waals surface area contributed by atoms with Gasteiger partial charge in [-0.2, -0.15) is 0 Å². The summed E-state index contributed by atoms with van der Waals surface area (Å²) in [6.07, 6.45) is 3.06. The number of hydrogen-bond donors (Lipinski definition) is 2. The first-order chi connectivity index (χ1) is 8.03. The van der Waals surface area contributed by atoms with E-state index < -0.39 is 5.60 Å². The Morgan fingerprint density at radius 1 is 1.65 bits per heavy atom. The van der Waals surface area contributed by atoms with Gasteiger partial charge in [0.15, 0.2) is 0 Å². The number of amides is 1. The fraction of sp³-hybridized carbons (Fsp3) is 0.923. The van der Waals surface area contributed by atoms with Crippen LogP contribution in [0.1, 0.15) is 40.0 Å². The van der Waals surface area contributed by atoms with Crippen molar-refractivity contribution in [3.8, 4) is 0 Å². The summed E-state index contributed by atoms with van der Waals surface area (Å²) >= 11 is 0. The third-order valence-corrected chi connectivity index (χ3v) is 4.01. The largest absolute Gasteiger partial charge is 0.369 e. The number of carbonyl (C=O) groups excluding carboxylic acids is 1. The molecule has 0 aromatic rings. The lowest BCUT2D eigenvalue weighted by atomic mass is 9.92. The number of hydrogen-bond acceptors (Lipinski definition) is 3. The molecule has 3 unspecified atom stereocenters. The summed E-state index contributed by atoms with van der Waals surface area (Å²) in [7, 11) is 1.59. The van der Waals surface area contributed by atoms with Crippen LogP contribution in [-0.2, 0) is 9.53 Å².